The summed E-state index contributed by atoms with van der Waals surface area (Å²) in [5.41, 5.74) is 3.93. The molecule has 0 atom stereocenters. The predicted molar refractivity (Wildman–Crippen MR) is 141 cm³/mol. The van der Waals surface area contributed by atoms with Crippen LogP contribution in [-0.4, -0.2) is 38.7 Å². The van der Waals surface area contributed by atoms with E-state index in [1.165, 1.54) is 18.3 Å². The SMILES string of the molecule is CCOc1ccc(N(CC(=O)N/N=C\c2cc3ccccc3nc2Cl)S(=O)(=O)c2ccccc2)cc1. The number of ether oxygens (including phenoxy) is 1. The highest BCUT2D eigenvalue weighted by Gasteiger charge is 2.27. The normalized spacial score (nSPS) is 11.5. The van der Waals surface area contributed by atoms with Gasteiger partial charge in [-0.05, 0) is 55.5 Å². The Hall–Kier alpha value is -3.95. The van der Waals surface area contributed by atoms with Gasteiger partial charge in [-0.3, -0.25) is 9.10 Å². The maximum atomic E-state index is 13.4. The molecule has 4 aromatic rings. The number of rotatable bonds is 9. The van der Waals surface area contributed by atoms with E-state index in [4.69, 9.17) is 16.3 Å². The number of sulfonamides is 1. The first kappa shape index (κ1) is 25.2. The molecule has 1 N–H and O–H groups in total. The van der Waals surface area contributed by atoms with E-state index in [2.05, 4.69) is 15.5 Å². The maximum absolute atomic E-state index is 13.4. The fraction of sp³-hybridized carbons (Fsp3) is 0.115. The molecule has 1 heterocycles. The highest BCUT2D eigenvalue weighted by molar-refractivity contribution is 7.92. The predicted octanol–water partition coefficient (Wildman–Crippen LogP) is 4.63. The van der Waals surface area contributed by atoms with Crippen LogP contribution in [0.2, 0.25) is 5.15 Å². The number of aromatic nitrogens is 1. The van der Waals surface area contributed by atoms with E-state index in [-0.39, 0.29) is 10.0 Å². The molecule has 1 aromatic heterocycles. The van der Waals surface area contributed by atoms with Gasteiger partial charge in [-0.15, -0.1) is 0 Å². The summed E-state index contributed by atoms with van der Waals surface area (Å²) >= 11 is 6.23. The molecule has 0 saturated carbocycles. The number of hydrazone groups is 1. The number of fused-ring (bicyclic) bond motifs is 1. The van der Waals surface area contributed by atoms with Gasteiger partial charge in [-0.1, -0.05) is 48.0 Å². The zero-order chi connectivity index (χ0) is 25.5. The molecular formula is C26H23ClN4O4S. The molecule has 0 bridgehead atoms. The second-order valence-corrected chi connectivity index (χ2v) is 9.83. The molecule has 0 spiro atoms. The number of anilines is 1. The van der Waals surface area contributed by atoms with Crippen molar-refractivity contribution in [3.8, 4) is 5.75 Å². The Labute approximate surface area is 214 Å². The lowest BCUT2D eigenvalue weighted by Gasteiger charge is -2.24. The maximum Gasteiger partial charge on any atom is 0.264 e. The summed E-state index contributed by atoms with van der Waals surface area (Å²) in [7, 11) is -4.03. The van der Waals surface area contributed by atoms with Gasteiger partial charge >= 0.3 is 0 Å². The third-order valence-electron chi connectivity index (χ3n) is 5.15. The van der Waals surface area contributed by atoms with Gasteiger partial charge in [0.05, 0.1) is 28.9 Å². The van der Waals surface area contributed by atoms with Crippen molar-refractivity contribution in [2.45, 2.75) is 11.8 Å². The molecule has 1 amide bonds. The number of nitrogens with zero attached hydrogens (tertiary/aromatic N) is 3. The Morgan fingerprint density at radius 2 is 1.75 bits per heavy atom. The Balaban J connectivity index is 1.55. The van der Waals surface area contributed by atoms with E-state index in [1.807, 2.05) is 31.2 Å². The lowest BCUT2D eigenvalue weighted by molar-refractivity contribution is -0.119. The van der Waals surface area contributed by atoms with Crippen molar-refractivity contribution >= 4 is 50.3 Å². The van der Waals surface area contributed by atoms with Gasteiger partial charge in [0, 0.05) is 10.9 Å². The number of carbonyl (C=O) groups excluding carboxylic acids is 1. The molecule has 0 aliphatic carbocycles. The number of hydrogen-bond donors (Lipinski definition) is 1. The Morgan fingerprint density at radius 3 is 2.47 bits per heavy atom. The molecule has 0 fully saturated rings. The van der Waals surface area contributed by atoms with Crippen LogP contribution in [0.3, 0.4) is 0 Å². The van der Waals surface area contributed by atoms with Crippen LogP contribution >= 0.6 is 11.6 Å². The Morgan fingerprint density at radius 1 is 1.06 bits per heavy atom. The molecule has 184 valence electrons. The number of nitrogens with one attached hydrogen (secondary N) is 1. The minimum Gasteiger partial charge on any atom is -0.494 e. The van der Waals surface area contributed by atoms with Crippen molar-refractivity contribution in [1.29, 1.82) is 0 Å². The van der Waals surface area contributed by atoms with Crippen LogP contribution < -0.4 is 14.5 Å². The number of halogens is 1. The van der Waals surface area contributed by atoms with Gasteiger partial charge < -0.3 is 4.74 Å². The minimum absolute atomic E-state index is 0.0594. The van der Waals surface area contributed by atoms with Crippen molar-refractivity contribution in [2.75, 3.05) is 17.5 Å². The Bertz CT molecular complexity index is 1490. The van der Waals surface area contributed by atoms with Crippen molar-refractivity contribution in [3.63, 3.8) is 0 Å². The Kier molecular flexibility index (Phi) is 7.82. The smallest absolute Gasteiger partial charge is 0.264 e. The molecule has 0 radical (unpaired) electrons. The van der Waals surface area contributed by atoms with Crippen LogP contribution in [0.15, 0.2) is 94.9 Å². The van der Waals surface area contributed by atoms with Gasteiger partial charge in [-0.25, -0.2) is 18.8 Å². The monoisotopic (exact) mass is 522 g/mol. The summed E-state index contributed by atoms with van der Waals surface area (Å²) < 4.78 is 33.3. The quantitative estimate of drug-likeness (QED) is 0.196. The first-order valence-electron chi connectivity index (χ1n) is 11.1. The molecule has 4 rings (SSSR count). The molecule has 0 saturated heterocycles. The molecule has 8 nitrogen and oxygen atoms in total. The molecule has 0 unspecified atom stereocenters. The van der Waals surface area contributed by atoms with Crippen LogP contribution in [0.5, 0.6) is 5.75 Å². The largest absolute Gasteiger partial charge is 0.494 e. The number of amides is 1. The van der Waals surface area contributed by atoms with E-state index < -0.39 is 22.5 Å². The zero-order valence-corrected chi connectivity index (χ0v) is 20.9. The van der Waals surface area contributed by atoms with E-state index in [0.29, 0.717) is 23.6 Å². The molecule has 0 aliphatic rings. The standard InChI is InChI=1S/C26H23ClN4O4S/c1-2-35-22-14-12-21(13-15-22)31(36(33,34)23-9-4-3-5-10-23)18-25(32)30-28-17-20-16-19-8-6-7-11-24(19)29-26(20)27/h3-17H,2,18H2,1H3,(H,30,32)/b28-17-. The zero-order valence-electron chi connectivity index (χ0n) is 19.3. The number of carbonyl (C=O) groups is 1. The number of pyridine rings is 1. The van der Waals surface area contributed by atoms with Gasteiger partial charge in [-0.2, -0.15) is 5.10 Å². The molecule has 3 aromatic carbocycles. The average molecular weight is 523 g/mol. The molecular weight excluding hydrogens is 500 g/mol. The van der Waals surface area contributed by atoms with E-state index in [1.54, 1.807) is 48.5 Å². The summed E-state index contributed by atoms with van der Waals surface area (Å²) in [5.74, 6) is -0.0438. The first-order chi connectivity index (χ1) is 17.4. The summed E-state index contributed by atoms with van der Waals surface area (Å²) in [6.07, 6.45) is 1.37. The van der Waals surface area contributed by atoms with Crippen molar-refractivity contribution < 1.29 is 17.9 Å². The molecule has 10 heteroatoms. The first-order valence-corrected chi connectivity index (χ1v) is 12.9. The van der Waals surface area contributed by atoms with Crippen molar-refractivity contribution in [3.05, 3.63) is 95.6 Å². The highest BCUT2D eigenvalue weighted by atomic mass is 35.5. The van der Waals surface area contributed by atoms with E-state index >= 15 is 0 Å². The number of benzene rings is 3. The van der Waals surface area contributed by atoms with Crippen LogP contribution in [0, 0.1) is 0 Å². The third-order valence-corrected chi connectivity index (χ3v) is 7.24. The number of para-hydroxylation sites is 1. The molecule has 36 heavy (non-hydrogen) atoms. The van der Waals surface area contributed by atoms with Gasteiger partial charge in [0.1, 0.15) is 17.4 Å². The topological polar surface area (TPSA) is 101 Å². The highest BCUT2D eigenvalue weighted by Crippen LogP contribution is 2.26. The summed E-state index contributed by atoms with van der Waals surface area (Å²) in [6.45, 7) is 1.83. The van der Waals surface area contributed by atoms with E-state index in [0.717, 1.165) is 15.2 Å². The van der Waals surface area contributed by atoms with Crippen molar-refractivity contribution in [2.24, 2.45) is 5.10 Å². The number of hydrogen-bond acceptors (Lipinski definition) is 6. The summed E-state index contributed by atoms with van der Waals surface area (Å²) in [5, 5.41) is 5.06. The van der Waals surface area contributed by atoms with Crippen LogP contribution in [0.4, 0.5) is 5.69 Å². The van der Waals surface area contributed by atoms with Crippen molar-refractivity contribution in [1.82, 2.24) is 10.4 Å². The molecule has 0 aliphatic heterocycles. The van der Waals surface area contributed by atoms with Gasteiger partial charge in [0.25, 0.3) is 15.9 Å². The van der Waals surface area contributed by atoms with E-state index in [9.17, 15) is 13.2 Å². The third kappa shape index (κ3) is 5.81. The van der Waals surface area contributed by atoms with Gasteiger partial charge in [0.15, 0.2) is 0 Å². The fourth-order valence-electron chi connectivity index (χ4n) is 3.45. The van der Waals surface area contributed by atoms with Crippen LogP contribution in [0.25, 0.3) is 10.9 Å². The average Bonchev–Trinajstić information content (AvgIpc) is 2.89. The second-order valence-electron chi connectivity index (χ2n) is 7.61. The lowest BCUT2D eigenvalue weighted by Crippen LogP contribution is -2.39. The summed E-state index contributed by atoms with van der Waals surface area (Å²) in [4.78, 5) is 17.1. The summed E-state index contributed by atoms with van der Waals surface area (Å²) in [6, 6.07) is 23.6. The minimum atomic E-state index is -4.03. The van der Waals surface area contributed by atoms with Crippen LogP contribution in [0.1, 0.15) is 12.5 Å². The van der Waals surface area contributed by atoms with Crippen LogP contribution in [-0.2, 0) is 14.8 Å². The lowest BCUT2D eigenvalue weighted by atomic mass is 10.2. The second kappa shape index (κ2) is 11.2. The van der Waals surface area contributed by atoms with Gasteiger partial charge in [0.2, 0.25) is 0 Å². The fourth-order valence-corrected chi connectivity index (χ4v) is 5.09.